The number of piperidine rings is 1. The van der Waals surface area contributed by atoms with E-state index >= 15 is 0 Å². The molecule has 116 valence electrons. The monoisotopic (exact) mass is 353 g/mol. The van der Waals surface area contributed by atoms with Gasteiger partial charge in [-0.2, -0.15) is 0 Å². The molecule has 1 aliphatic rings. The first-order valence-corrected chi connectivity index (χ1v) is 8.40. The SMILES string of the molecule is CCN(CC(=O)Nc1ccc(Br)c(C)c1)C1CCCNC1. The van der Waals surface area contributed by atoms with Crippen LogP contribution in [0.25, 0.3) is 0 Å². The topological polar surface area (TPSA) is 44.4 Å². The summed E-state index contributed by atoms with van der Waals surface area (Å²) in [5.41, 5.74) is 1.98. The molecule has 0 bridgehead atoms. The Morgan fingerprint density at radius 2 is 2.33 bits per heavy atom. The Balaban J connectivity index is 1.91. The van der Waals surface area contributed by atoms with Gasteiger partial charge in [0, 0.05) is 22.7 Å². The first kappa shape index (κ1) is 16.5. The van der Waals surface area contributed by atoms with Crippen molar-refractivity contribution in [1.29, 1.82) is 0 Å². The summed E-state index contributed by atoms with van der Waals surface area (Å²) in [4.78, 5) is 14.5. The molecule has 1 unspecified atom stereocenters. The molecule has 1 aromatic carbocycles. The molecule has 0 spiro atoms. The lowest BCUT2D eigenvalue weighted by Gasteiger charge is -2.33. The number of nitrogens with one attached hydrogen (secondary N) is 2. The number of halogens is 1. The fraction of sp³-hybridized carbons (Fsp3) is 0.562. The van der Waals surface area contributed by atoms with E-state index in [0.717, 1.165) is 35.4 Å². The quantitative estimate of drug-likeness (QED) is 0.855. The molecule has 4 nitrogen and oxygen atoms in total. The molecule has 1 aromatic rings. The minimum Gasteiger partial charge on any atom is -0.325 e. The second kappa shape index (κ2) is 7.92. The standard InChI is InChI=1S/C16H24BrN3O/c1-3-20(14-5-4-8-18-10-14)11-16(21)19-13-6-7-15(17)12(2)9-13/h6-7,9,14,18H,3-5,8,10-11H2,1-2H3,(H,19,21). The highest BCUT2D eigenvalue weighted by Gasteiger charge is 2.21. The molecule has 1 fully saturated rings. The van der Waals surface area contributed by atoms with Gasteiger partial charge < -0.3 is 10.6 Å². The maximum absolute atomic E-state index is 12.2. The third kappa shape index (κ3) is 4.80. The number of likely N-dealkylation sites (N-methyl/N-ethyl adjacent to an activating group) is 1. The van der Waals surface area contributed by atoms with Crippen LogP contribution in [0.4, 0.5) is 5.69 Å². The van der Waals surface area contributed by atoms with Crippen molar-refractivity contribution in [3.63, 3.8) is 0 Å². The Hall–Kier alpha value is -0.910. The lowest BCUT2D eigenvalue weighted by atomic mass is 10.1. The summed E-state index contributed by atoms with van der Waals surface area (Å²) < 4.78 is 1.06. The zero-order chi connectivity index (χ0) is 15.2. The van der Waals surface area contributed by atoms with E-state index < -0.39 is 0 Å². The largest absolute Gasteiger partial charge is 0.325 e. The number of carbonyl (C=O) groups is 1. The van der Waals surface area contributed by atoms with Crippen LogP contribution in [0.3, 0.4) is 0 Å². The van der Waals surface area contributed by atoms with E-state index in [0.29, 0.717) is 12.6 Å². The van der Waals surface area contributed by atoms with Gasteiger partial charge in [0.15, 0.2) is 0 Å². The summed E-state index contributed by atoms with van der Waals surface area (Å²) in [6.07, 6.45) is 2.36. The Kier molecular flexibility index (Phi) is 6.21. The molecular weight excluding hydrogens is 330 g/mol. The first-order chi connectivity index (χ1) is 10.1. The van der Waals surface area contributed by atoms with Gasteiger partial charge in [-0.1, -0.05) is 22.9 Å². The summed E-state index contributed by atoms with van der Waals surface area (Å²) in [6.45, 7) is 7.57. The van der Waals surface area contributed by atoms with E-state index in [-0.39, 0.29) is 5.91 Å². The zero-order valence-corrected chi connectivity index (χ0v) is 14.4. The Morgan fingerprint density at radius 3 is 2.95 bits per heavy atom. The van der Waals surface area contributed by atoms with Crippen LogP contribution in [0, 0.1) is 6.92 Å². The molecular formula is C16H24BrN3O. The molecule has 1 saturated heterocycles. The highest BCUT2D eigenvalue weighted by Crippen LogP contribution is 2.20. The molecule has 21 heavy (non-hydrogen) atoms. The molecule has 1 aliphatic heterocycles. The summed E-state index contributed by atoms with van der Waals surface area (Å²) in [6, 6.07) is 6.35. The van der Waals surface area contributed by atoms with E-state index in [1.54, 1.807) is 0 Å². The average molecular weight is 354 g/mol. The number of aryl methyl sites for hydroxylation is 1. The lowest BCUT2D eigenvalue weighted by Crippen LogP contribution is -2.48. The van der Waals surface area contributed by atoms with Crippen molar-refractivity contribution >= 4 is 27.5 Å². The zero-order valence-electron chi connectivity index (χ0n) is 12.8. The van der Waals surface area contributed by atoms with Crippen LogP contribution in [-0.4, -0.2) is 43.0 Å². The van der Waals surface area contributed by atoms with E-state index in [1.165, 1.54) is 12.8 Å². The number of amides is 1. The van der Waals surface area contributed by atoms with Gasteiger partial charge in [0.1, 0.15) is 0 Å². The van der Waals surface area contributed by atoms with Crippen LogP contribution in [0.15, 0.2) is 22.7 Å². The summed E-state index contributed by atoms with van der Waals surface area (Å²) in [5, 5.41) is 6.40. The smallest absolute Gasteiger partial charge is 0.238 e. The Morgan fingerprint density at radius 1 is 1.52 bits per heavy atom. The molecule has 1 heterocycles. The molecule has 2 rings (SSSR count). The maximum Gasteiger partial charge on any atom is 0.238 e. The predicted molar refractivity (Wildman–Crippen MR) is 90.6 cm³/mol. The van der Waals surface area contributed by atoms with Crippen molar-refractivity contribution in [3.05, 3.63) is 28.2 Å². The second-order valence-corrected chi connectivity index (χ2v) is 6.43. The van der Waals surface area contributed by atoms with Crippen molar-refractivity contribution < 1.29 is 4.79 Å². The molecule has 0 radical (unpaired) electrons. The third-order valence-corrected chi connectivity index (χ3v) is 4.87. The van der Waals surface area contributed by atoms with Crippen molar-refractivity contribution in [2.24, 2.45) is 0 Å². The van der Waals surface area contributed by atoms with Gasteiger partial charge in [-0.25, -0.2) is 0 Å². The van der Waals surface area contributed by atoms with E-state index in [9.17, 15) is 4.79 Å². The number of nitrogens with zero attached hydrogens (tertiary/aromatic N) is 1. The molecule has 1 amide bonds. The van der Waals surface area contributed by atoms with Crippen molar-refractivity contribution in [1.82, 2.24) is 10.2 Å². The Labute approximate surface area is 135 Å². The number of hydrogen-bond acceptors (Lipinski definition) is 3. The van der Waals surface area contributed by atoms with E-state index in [4.69, 9.17) is 0 Å². The van der Waals surface area contributed by atoms with E-state index in [2.05, 4.69) is 38.4 Å². The summed E-state index contributed by atoms with van der Waals surface area (Å²) in [5.74, 6) is 0.0594. The van der Waals surface area contributed by atoms with Crippen LogP contribution in [0.1, 0.15) is 25.3 Å². The highest BCUT2D eigenvalue weighted by atomic mass is 79.9. The summed E-state index contributed by atoms with van der Waals surface area (Å²) in [7, 11) is 0. The molecule has 1 atom stereocenters. The minimum atomic E-state index is 0.0594. The normalized spacial score (nSPS) is 18.8. The number of anilines is 1. The molecule has 5 heteroatoms. The highest BCUT2D eigenvalue weighted by molar-refractivity contribution is 9.10. The lowest BCUT2D eigenvalue weighted by molar-refractivity contribution is -0.117. The average Bonchev–Trinajstić information content (AvgIpc) is 2.49. The number of carbonyl (C=O) groups excluding carboxylic acids is 1. The predicted octanol–water partition coefficient (Wildman–Crippen LogP) is 2.77. The summed E-state index contributed by atoms with van der Waals surface area (Å²) >= 11 is 3.47. The Bertz CT molecular complexity index is 486. The van der Waals surface area contributed by atoms with Crippen LogP contribution >= 0.6 is 15.9 Å². The fourth-order valence-corrected chi connectivity index (χ4v) is 3.00. The molecule has 0 saturated carbocycles. The second-order valence-electron chi connectivity index (χ2n) is 5.58. The molecule has 0 aromatic heterocycles. The fourth-order valence-electron chi connectivity index (χ4n) is 2.75. The van der Waals surface area contributed by atoms with Crippen LogP contribution in [0.2, 0.25) is 0 Å². The van der Waals surface area contributed by atoms with E-state index in [1.807, 2.05) is 25.1 Å². The van der Waals surface area contributed by atoms with Crippen molar-refractivity contribution in [2.45, 2.75) is 32.7 Å². The van der Waals surface area contributed by atoms with Crippen molar-refractivity contribution in [3.8, 4) is 0 Å². The van der Waals surface area contributed by atoms with Gasteiger partial charge in [0.25, 0.3) is 0 Å². The molecule has 0 aliphatic carbocycles. The number of hydrogen-bond donors (Lipinski definition) is 2. The maximum atomic E-state index is 12.2. The van der Waals surface area contributed by atoms with Crippen molar-refractivity contribution in [2.75, 3.05) is 31.5 Å². The number of benzene rings is 1. The number of rotatable bonds is 5. The van der Waals surface area contributed by atoms with Gasteiger partial charge in [-0.05, 0) is 56.6 Å². The van der Waals surface area contributed by atoms with Gasteiger partial charge in [-0.3, -0.25) is 9.69 Å². The first-order valence-electron chi connectivity index (χ1n) is 7.61. The molecule has 2 N–H and O–H groups in total. The third-order valence-electron chi connectivity index (χ3n) is 3.98. The van der Waals surface area contributed by atoms with Gasteiger partial charge in [-0.15, -0.1) is 0 Å². The van der Waals surface area contributed by atoms with Gasteiger partial charge in [0.05, 0.1) is 6.54 Å². The van der Waals surface area contributed by atoms with Crippen LogP contribution in [0.5, 0.6) is 0 Å². The minimum absolute atomic E-state index is 0.0594. The van der Waals surface area contributed by atoms with Gasteiger partial charge in [0.2, 0.25) is 5.91 Å². The van der Waals surface area contributed by atoms with Gasteiger partial charge >= 0.3 is 0 Å². The van der Waals surface area contributed by atoms with Crippen LogP contribution in [-0.2, 0) is 4.79 Å². The van der Waals surface area contributed by atoms with Crippen LogP contribution < -0.4 is 10.6 Å².